The van der Waals surface area contributed by atoms with Crippen molar-refractivity contribution in [1.29, 1.82) is 0 Å². The quantitative estimate of drug-likeness (QED) is 0.212. The van der Waals surface area contributed by atoms with Crippen LogP contribution in [0.2, 0.25) is 0 Å². The Balaban J connectivity index is 0. The van der Waals surface area contributed by atoms with Crippen LogP contribution in [0.4, 0.5) is 0 Å². The van der Waals surface area contributed by atoms with Gasteiger partial charge in [-0.05, 0) is 19.3 Å². The zero-order valence-electron chi connectivity index (χ0n) is 17.5. The molecule has 2 unspecified atom stereocenters. The smallest absolute Gasteiger partial charge is 0.748 e. The van der Waals surface area contributed by atoms with E-state index in [1.165, 1.54) is 64.2 Å². The Bertz CT molecular complexity index is 387. The van der Waals surface area contributed by atoms with E-state index in [1.807, 2.05) is 0 Å². The molecule has 0 aliphatic carbocycles. The van der Waals surface area contributed by atoms with Crippen molar-refractivity contribution >= 4 is 10.1 Å². The molecular formula is C20H41KO4S. The first-order chi connectivity index (χ1) is 11.9. The first kappa shape index (κ1) is 29.7. The van der Waals surface area contributed by atoms with Gasteiger partial charge in [0, 0.05) is 0 Å². The summed E-state index contributed by atoms with van der Waals surface area (Å²) in [7, 11) is -4.30. The third-order valence-electron chi connectivity index (χ3n) is 5.04. The van der Waals surface area contributed by atoms with Gasteiger partial charge in [0.05, 0.1) is 21.5 Å². The number of hydrogen-bond donors (Lipinski definition) is 1. The van der Waals surface area contributed by atoms with Gasteiger partial charge in [0.1, 0.15) is 0 Å². The average molecular weight is 417 g/mol. The summed E-state index contributed by atoms with van der Waals surface area (Å²) in [6, 6.07) is 0. The molecule has 26 heavy (non-hydrogen) atoms. The Labute approximate surface area is 205 Å². The third-order valence-corrected chi connectivity index (χ3v) is 6.29. The third kappa shape index (κ3) is 18.9. The summed E-state index contributed by atoms with van der Waals surface area (Å²) >= 11 is 0. The Hall–Kier alpha value is 1.51. The molecule has 4 nitrogen and oxygen atoms in total. The van der Waals surface area contributed by atoms with Crippen molar-refractivity contribution in [3.05, 3.63) is 0 Å². The van der Waals surface area contributed by atoms with E-state index in [4.69, 9.17) is 0 Å². The summed E-state index contributed by atoms with van der Waals surface area (Å²) < 4.78 is 33.8. The second-order valence-corrected chi connectivity index (χ2v) is 9.10. The minimum atomic E-state index is -4.30. The maximum atomic E-state index is 11.3. The molecule has 0 aromatic rings. The van der Waals surface area contributed by atoms with Crippen molar-refractivity contribution in [2.75, 3.05) is 0 Å². The second kappa shape index (κ2) is 19.8. The molecule has 0 bridgehead atoms. The van der Waals surface area contributed by atoms with Crippen LogP contribution < -0.4 is 51.4 Å². The molecule has 1 N–H and O–H groups in total. The summed E-state index contributed by atoms with van der Waals surface area (Å²) in [4.78, 5) is 0. The van der Waals surface area contributed by atoms with Crippen LogP contribution in [0.1, 0.15) is 117 Å². The topological polar surface area (TPSA) is 77.4 Å². The summed E-state index contributed by atoms with van der Waals surface area (Å²) in [6.45, 7) is 4.04. The van der Waals surface area contributed by atoms with Crippen LogP contribution in [-0.4, -0.2) is 29.4 Å². The van der Waals surface area contributed by atoms with E-state index in [-0.39, 0.29) is 57.8 Å². The predicted molar refractivity (Wildman–Crippen MR) is 105 cm³/mol. The molecule has 0 aliphatic rings. The van der Waals surface area contributed by atoms with Gasteiger partial charge in [0.15, 0.2) is 0 Å². The van der Waals surface area contributed by atoms with Crippen molar-refractivity contribution < 1.29 is 69.5 Å². The minimum Gasteiger partial charge on any atom is -0.748 e. The summed E-state index contributed by atoms with van der Waals surface area (Å²) in [5, 5.41) is 8.67. The molecule has 0 fully saturated rings. The van der Waals surface area contributed by atoms with Gasteiger partial charge in [-0.1, -0.05) is 97.3 Å². The molecule has 2 atom stereocenters. The van der Waals surface area contributed by atoms with Crippen LogP contribution >= 0.6 is 0 Å². The Morgan fingerprint density at radius 1 is 0.769 bits per heavy atom. The zero-order valence-corrected chi connectivity index (χ0v) is 21.5. The second-order valence-electron chi connectivity index (χ2n) is 7.44. The molecule has 0 rings (SSSR count). The number of aliphatic hydroxyl groups excluding tert-OH is 1. The van der Waals surface area contributed by atoms with Crippen LogP contribution in [0.25, 0.3) is 0 Å². The van der Waals surface area contributed by atoms with Gasteiger partial charge in [0.2, 0.25) is 0 Å². The van der Waals surface area contributed by atoms with E-state index < -0.39 is 21.5 Å². The molecule has 152 valence electrons. The molecule has 0 saturated heterocycles. The fourth-order valence-electron chi connectivity index (χ4n) is 3.24. The standard InChI is InChI=1S/C20H42O4S.K/c1-3-5-6-7-8-9-10-11-12-13-14-15-16-17-20(25(22,23)24)18-19(21)4-2;/h19-21H,3-18H2,1-2H3,(H,22,23,24);/q;+1/p-1. The molecule has 0 saturated carbocycles. The van der Waals surface area contributed by atoms with Gasteiger partial charge >= 0.3 is 51.4 Å². The van der Waals surface area contributed by atoms with Crippen molar-refractivity contribution in [3.8, 4) is 0 Å². The Morgan fingerprint density at radius 2 is 1.15 bits per heavy atom. The van der Waals surface area contributed by atoms with Crippen LogP contribution in [0, 0.1) is 0 Å². The Morgan fingerprint density at radius 3 is 1.50 bits per heavy atom. The molecule has 0 amide bonds. The van der Waals surface area contributed by atoms with Gasteiger partial charge in [-0.3, -0.25) is 0 Å². The van der Waals surface area contributed by atoms with Gasteiger partial charge in [-0.15, -0.1) is 0 Å². The van der Waals surface area contributed by atoms with Crippen LogP contribution in [0.3, 0.4) is 0 Å². The molecule has 0 heterocycles. The maximum Gasteiger partial charge on any atom is 1.00 e. The average Bonchev–Trinajstić information content (AvgIpc) is 2.56. The van der Waals surface area contributed by atoms with E-state index >= 15 is 0 Å². The van der Waals surface area contributed by atoms with E-state index in [0.29, 0.717) is 12.8 Å². The Kier molecular flexibility index (Phi) is 22.6. The van der Waals surface area contributed by atoms with Crippen LogP contribution in [0.15, 0.2) is 0 Å². The van der Waals surface area contributed by atoms with Gasteiger partial charge < -0.3 is 9.66 Å². The van der Waals surface area contributed by atoms with Crippen molar-refractivity contribution in [2.45, 2.75) is 128 Å². The predicted octanol–water partition coefficient (Wildman–Crippen LogP) is 2.55. The van der Waals surface area contributed by atoms with Gasteiger partial charge in [0.25, 0.3) is 0 Å². The molecule has 0 aromatic carbocycles. The SMILES string of the molecule is CCCCCCCCCCCCCCCC(CC(O)CC)S(=O)(=O)[O-].[K+]. The molecule has 6 heteroatoms. The van der Waals surface area contributed by atoms with Crippen LogP contribution in [0.5, 0.6) is 0 Å². The van der Waals surface area contributed by atoms with E-state index in [2.05, 4.69) is 6.92 Å². The summed E-state index contributed by atoms with van der Waals surface area (Å²) in [5.41, 5.74) is 0. The summed E-state index contributed by atoms with van der Waals surface area (Å²) in [5.74, 6) is 0. The van der Waals surface area contributed by atoms with Crippen LogP contribution in [-0.2, 0) is 10.1 Å². The van der Waals surface area contributed by atoms with E-state index in [1.54, 1.807) is 6.92 Å². The molecule has 0 aromatic heterocycles. The van der Waals surface area contributed by atoms with Crippen molar-refractivity contribution in [2.24, 2.45) is 0 Å². The number of hydrogen-bond acceptors (Lipinski definition) is 4. The number of rotatable bonds is 18. The van der Waals surface area contributed by atoms with Crippen molar-refractivity contribution in [1.82, 2.24) is 0 Å². The maximum absolute atomic E-state index is 11.3. The molecule has 0 radical (unpaired) electrons. The van der Waals surface area contributed by atoms with E-state index in [9.17, 15) is 18.1 Å². The van der Waals surface area contributed by atoms with Gasteiger partial charge in [-0.2, -0.15) is 0 Å². The normalized spacial score (nSPS) is 14.0. The summed E-state index contributed by atoms with van der Waals surface area (Å²) in [6.07, 6.45) is 16.4. The first-order valence-electron chi connectivity index (χ1n) is 10.5. The van der Waals surface area contributed by atoms with Gasteiger partial charge in [-0.25, -0.2) is 8.42 Å². The van der Waals surface area contributed by atoms with E-state index in [0.717, 1.165) is 19.3 Å². The largest absolute Gasteiger partial charge is 1.00 e. The fourth-order valence-corrected chi connectivity index (χ4v) is 4.15. The first-order valence-corrected chi connectivity index (χ1v) is 12.0. The zero-order chi connectivity index (χ0) is 19.0. The minimum absolute atomic E-state index is 0. The number of aliphatic hydroxyl groups is 1. The molecular weight excluding hydrogens is 375 g/mol. The number of unbranched alkanes of at least 4 members (excludes halogenated alkanes) is 12. The molecule has 0 aliphatic heterocycles. The monoisotopic (exact) mass is 416 g/mol. The molecule has 0 spiro atoms. The van der Waals surface area contributed by atoms with Crippen molar-refractivity contribution in [3.63, 3.8) is 0 Å². The fraction of sp³-hybridized carbons (Fsp3) is 1.00.